The Morgan fingerprint density at radius 3 is 2.00 bits per heavy atom. The number of thiophene rings is 1. The van der Waals surface area contributed by atoms with Crippen LogP contribution in [0.5, 0.6) is 0 Å². The lowest BCUT2D eigenvalue weighted by molar-refractivity contribution is 0.979. The van der Waals surface area contributed by atoms with Crippen molar-refractivity contribution in [3.05, 3.63) is 133 Å². The second kappa shape index (κ2) is 8.51. The summed E-state index contributed by atoms with van der Waals surface area (Å²) < 4.78 is 7.16. The minimum absolute atomic E-state index is 0.841. The maximum absolute atomic E-state index is 5.29. The monoisotopic (exact) mass is 566 g/mol. The molecule has 4 nitrogen and oxygen atoms in total. The van der Waals surface area contributed by atoms with Crippen molar-refractivity contribution < 1.29 is 0 Å². The summed E-state index contributed by atoms with van der Waals surface area (Å²) in [6, 6.07) is 47.6. The third kappa shape index (κ3) is 3.20. The van der Waals surface area contributed by atoms with E-state index in [1.54, 1.807) is 0 Å². The fourth-order valence-electron chi connectivity index (χ4n) is 6.75. The molecule has 10 aromatic rings. The van der Waals surface area contributed by atoms with Gasteiger partial charge < -0.3 is 0 Å². The van der Waals surface area contributed by atoms with Gasteiger partial charge in [-0.05, 0) is 65.7 Å². The van der Waals surface area contributed by atoms with Gasteiger partial charge in [-0.1, -0.05) is 78.9 Å². The van der Waals surface area contributed by atoms with Gasteiger partial charge in [-0.2, -0.15) is 0 Å². The molecule has 4 aromatic heterocycles. The van der Waals surface area contributed by atoms with Crippen molar-refractivity contribution in [1.82, 2.24) is 18.9 Å². The summed E-state index contributed by atoms with van der Waals surface area (Å²) in [4.78, 5) is 10.4. The van der Waals surface area contributed by atoms with Crippen LogP contribution in [0.2, 0.25) is 0 Å². The molecule has 0 N–H and O–H groups in total. The van der Waals surface area contributed by atoms with Crippen LogP contribution in [0.25, 0.3) is 86.6 Å². The minimum atomic E-state index is 0.841. The minimum Gasteiger partial charge on any atom is -0.279 e. The average Bonchev–Trinajstić information content (AvgIpc) is 3.74. The van der Waals surface area contributed by atoms with Crippen molar-refractivity contribution in [2.24, 2.45) is 0 Å². The maximum Gasteiger partial charge on any atom is 0.221 e. The van der Waals surface area contributed by atoms with Gasteiger partial charge in [0.25, 0.3) is 0 Å². The summed E-state index contributed by atoms with van der Waals surface area (Å²) in [5, 5.41) is 6.10. The Labute approximate surface area is 249 Å². The van der Waals surface area contributed by atoms with Gasteiger partial charge in [0.1, 0.15) is 5.65 Å². The van der Waals surface area contributed by atoms with E-state index in [1.807, 2.05) is 23.5 Å². The van der Waals surface area contributed by atoms with E-state index in [1.165, 1.54) is 42.1 Å². The van der Waals surface area contributed by atoms with E-state index in [9.17, 15) is 0 Å². The summed E-state index contributed by atoms with van der Waals surface area (Å²) >= 11 is 1.86. The van der Waals surface area contributed by atoms with Gasteiger partial charge >= 0.3 is 0 Å². The SMILES string of the molecule is c1ccc2c(c1)nc(-n1c3ccccc3c3cc(-c4ccc5c(c4)sc4ccccc45)ccc31)n1c3ccccc3nc21. The van der Waals surface area contributed by atoms with Gasteiger partial charge in [0.15, 0.2) is 0 Å². The van der Waals surface area contributed by atoms with Crippen LogP contribution < -0.4 is 0 Å². The van der Waals surface area contributed by atoms with E-state index in [0.717, 1.165) is 44.6 Å². The molecule has 5 heteroatoms. The summed E-state index contributed by atoms with van der Waals surface area (Å²) in [5.41, 5.74) is 8.53. The van der Waals surface area contributed by atoms with E-state index in [2.05, 4.69) is 130 Å². The fraction of sp³-hybridized carbons (Fsp3) is 0. The first-order valence-electron chi connectivity index (χ1n) is 14.4. The van der Waals surface area contributed by atoms with Crippen LogP contribution in [0.4, 0.5) is 0 Å². The van der Waals surface area contributed by atoms with Crippen LogP contribution in [0.15, 0.2) is 133 Å². The molecular formula is C38H22N4S. The standard InChI is InChI=1S/C38H22N4S/c1-4-12-30-28(11-1)37-39-31-13-5-7-15-34(31)42(37)38(40-30)41-32-14-6-2-9-25(32)29-21-23(18-20-33(29)41)24-17-19-27-26-10-3-8-16-35(26)43-36(27)22-24/h1-22H. The molecule has 200 valence electrons. The second-order valence-corrected chi connectivity index (χ2v) is 12.2. The Kier molecular flexibility index (Phi) is 4.57. The second-order valence-electron chi connectivity index (χ2n) is 11.1. The number of para-hydroxylation sites is 4. The number of nitrogens with zero attached hydrogens (tertiary/aromatic N) is 4. The highest BCUT2D eigenvalue weighted by Crippen LogP contribution is 2.39. The molecule has 10 rings (SSSR count). The summed E-state index contributed by atoms with van der Waals surface area (Å²) in [5.74, 6) is 0.841. The van der Waals surface area contributed by atoms with Gasteiger partial charge in [0, 0.05) is 36.3 Å². The van der Waals surface area contributed by atoms with E-state index >= 15 is 0 Å². The normalized spacial score (nSPS) is 12.2. The molecule has 0 unspecified atom stereocenters. The number of fused-ring (bicyclic) bond motifs is 11. The number of rotatable bonds is 2. The third-order valence-corrected chi connectivity index (χ3v) is 9.84. The number of aromatic nitrogens is 4. The Morgan fingerprint density at radius 2 is 1.09 bits per heavy atom. The Hall–Kier alpha value is -5.52. The molecule has 0 saturated carbocycles. The average molecular weight is 567 g/mol. The van der Waals surface area contributed by atoms with E-state index in [-0.39, 0.29) is 0 Å². The zero-order valence-electron chi connectivity index (χ0n) is 22.9. The highest BCUT2D eigenvalue weighted by molar-refractivity contribution is 7.25. The van der Waals surface area contributed by atoms with Crippen molar-refractivity contribution in [2.45, 2.75) is 0 Å². The lowest BCUT2D eigenvalue weighted by Gasteiger charge is -2.12. The van der Waals surface area contributed by atoms with E-state index < -0.39 is 0 Å². The zero-order valence-corrected chi connectivity index (χ0v) is 23.7. The van der Waals surface area contributed by atoms with Crippen LogP contribution in [0.1, 0.15) is 0 Å². The molecule has 0 atom stereocenters. The predicted molar refractivity (Wildman–Crippen MR) is 181 cm³/mol. The van der Waals surface area contributed by atoms with Crippen LogP contribution in [0.3, 0.4) is 0 Å². The molecule has 0 saturated heterocycles. The molecule has 0 fully saturated rings. The van der Waals surface area contributed by atoms with Crippen molar-refractivity contribution in [2.75, 3.05) is 0 Å². The Morgan fingerprint density at radius 1 is 0.442 bits per heavy atom. The van der Waals surface area contributed by atoms with Gasteiger partial charge in [0.2, 0.25) is 5.95 Å². The molecule has 6 aromatic carbocycles. The quantitative estimate of drug-likeness (QED) is 0.209. The largest absolute Gasteiger partial charge is 0.279 e. The van der Waals surface area contributed by atoms with Gasteiger partial charge in [-0.3, -0.25) is 8.97 Å². The van der Waals surface area contributed by atoms with Crippen LogP contribution >= 0.6 is 11.3 Å². The first-order valence-corrected chi connectivity index (χ1v) is 15.2. The molecule has 0 bridgehead atoms. The Balaban J connectivity index is 1.27. The highest BCUT2D eigenvalue weighted by Gasteiger charge is 2.20. The van der Waals surface area contributed by atoms with Crippen LogP contribution in [-0.4, -0.2) is 18.9 Å². The Bertz CT molecular complexity index is 2740. The first-order chi connectivity index (χ1) is 21.3. The molecule has 0 radical (unpaired) electrons. The molecule has 0 aliphatic rings. The number of imidazole rings is 1. The number of benzene rings is 6. The predicted octanol–water partition coefficient (Wildman–Crippen LogP) is 10.2. The van der Waals surface area contributed by atoms with Crippen molar-refractivity contribution in [3.63, 3.8) is 0 Å². The highest BCUT2D eigenvalue weighted by atomic mass is 32.1. The molecular weight excluding hydrogens is 545 g/mol. The zero-order chi connectivity index (χ0) is 28.1. The topological polar surface area (TPSA) is 35.1 Å². The molecule has 43 heavy (non-hydrogen) atoms. The van der Waals surface area contributed by atoms with E-state index in [0.29, 0.717) is 0 Å². The van der Waals surface area contributed by atoms with Crippen molar-refractivity contribution in [3.8, 4) is 17.1 Å². The van der Waals surface area contributed by atoms with E-state index in [4.69, 9.17) is 9.97 Å². The molecule has 0 aliphatic heterocycles. The summed E-state index contributed by atoms with van der Waals surface area (Å²) in [6.07, 6.45) is 0. The van der Waals surface area contributed by atoms with Gasteiger partial charge in [-0.25, -0.2) is 9.97 Å². The van der Waals surface area contributed by atoms with Gasteiger partial charge in [-0.15, -0.1) is 11.3 Å². The lowest BCUT2D eigenvalue weighted by Crippen LogP contribution is -2.06. The number of hydrogen-bond donors (Lipinski definition) is 0. The smallest absolute Gasteiger partial charge is 0.221 e. The van der Waals surface area contributed by atoms with Gasteiger partial charge in [0.05, 0.1) is 27.6 Å². The fourth-order valence-corrected chi connectivity index (χ4v) is 7.90. The number of hydrogen-bond acceptors (Lipinski definition) is 3. The molecule has 0 aliphatic carbocycles. The summed E-state index contributed by atoms with van der Waals surface area (Å²) in [7, 11) is 0. The maximum atomic E-state index is 5.29. The molecule has 0 amide bonds. The molecule has 4 heterocycles. The van der Waals surface area contributed by atoms with Crippen molar-refractivity contribution >= 4 is 80.9 Å². The molecule has 0 spiro atoms. The first kappa shape index (κ1) is 23.1. The lowest BCUT2D eigenvalue weighted by atomic mass is 10.0. The van der Waals surface area contributed by atoms with Crippen molar-refractivity contribution in [1.29, 1.82) is 0 Å². The third-order valence-electron chi connectivity index (χ3n) is 8.71. The van der Waals surface area contributed by atoms with Crippen LogP contribution in [-0.2, 0) is 0 Å². The summed E-state index contributed by atoms with van der Waals surface area (Å²) in [6.45, 7) is 0. The van der Waals surface area contributed by atoms with Crippen LogP contribution in [0, 0.1) is 0 Å².